The molecule has 3 rings (SSSR count). The molecule has 0 aliphatic carbocycles. The number of aryl methyl sites for hydroxylation is 1. The Bertz CT molecular complexity index is 1050. The summed E-state index contributed by atoms with van der Waals surface area (Å²) in [6, 6.07) is 11.1. The van der Waals surface area contributed by atoms with Gasteiger partial charge in [-0.2, -0.15) is 0 Å². The molecule has 0 saturated heterocycles. The summed E-state index contributed by atoms with van der Waals surface area (Å²) in [5, 5.41) is 9.15. The summed E-state index contributed by atoms with van der Waals surface area (Å²) >= 11 is 0. The van der Waals surface area contributed by atoms with E-state index in [1.165, 1.54) is 22.2 Å². The zero-order valence-corrected chi connectivity index (χ0v) is 14.8. The van der Waals surface area contributed by atoms with Gasteiger partial charge in [-0.1, -0.05) is 49.2 Å². The molecule has 2 heterocycles. The van der Waals surface area contributed by atoms with Crippen molar-refractivity contribution >= 4 is 23.8 Å². The molecule has 26 heavy (non-hydrogen) atoms. The second kappa shape index (κ2) is 7.35. The first-order valence-corrected chi connectivity index (χ1v) is 8.53. The van der Waals surface area contributed by atoms with E-state index in [1.807, 2.05) is 50.3 Å². The van der Waals surface area contributed by atoms with E-state index in [4.69, 9.17) is 5.11 Å². The third-order valence-electron chi connectivity index (χ3n) is 4.21. The molecule has 0 aliphatic heterocycles. The third kappa shape index (κ3) is 3.57. The molecule has 0 aliphatic rings. The molecule has 0 radical (unpaired) electrons. The number of nitrogens with zero attached hydrogens (tertiary/aromatic N) is 2. The maximum absolute atomic E-state index is 12.9. The van der Waals surface area contributed by atoms with Gasteiger partial charge >= 0.3 is 5.97 Å². The lowest BCUT2D eigenvalue weighted by Crippen LogP contribution is -2.22. The van der Waals surface area contributed by atoms with Crippen molar-refractivity contribution in [3.05, 3.63) is 80.9 Å². The van der Waals surface area contributed by atoms with Crippen LogP contribution in [-0.4, -0.2) is 20.5 Å². The first kappa shape index (κ1) is 17.6. The summed E-state index contributed by atoms with van der Waals surface area (Å²) in [6.07, 6.45) is 6.50. The number of aromatic carboxylic acids is 1. The van der Waals surface area contributed by atoms with Crippen LogP contribution in [0.25, 0.3) is 17.8 Å². The van der Waals surface area contributed by atoms with Gasteiger partial charge in [0.2, 0.25) is 0 Å². The Morgan fingerprint density at radius 2 is 1.88 bits per heavy atom. The normalized spacial score (nSPS) is 11.3. The summed E-state index contributed by atoms with van der Waals surface area (Å²) in [5.74, 6) is -1.07. The smallest absolute Gasteiger partial charge is 0.337 e. The fraction of sp³-hybridized carbons (Fsp3) is 0.190. The number of hydrogen-bond acceptors (Lipinski definition) is 3. The van der Waals surface area contributed by atoms with Gasteiger partial charge in [0.15, 0.2) is 0 Å². The summed E-state index contributed by atoms with van der Waals surface area (Å²) in [6.45, 7) is 4.03. The molecule has 3 aromatic rings. The van der Waals surface area contributed by atoms with Gasteiger partial charge in [0, 0.05) is 11.8 Å². The number of rotatable bonds is 5. The Hall–Kier alpha value is -3.21. The minimum absolute atomic E-state index is 0.0618. The van der Waals surface area contributed by atoms with E-state index in [-0.39, 0.29) is 11.1 Å². The molecule has 1 aromatic carbocycles. The minimum Gasteiger partial charge on any atom is -0.478 e. The lowest BCUT2D eigenvalue weighted by atomic mass is 10.1. The molecule has 132 valence electrons. The van der Waals surface area contributed by atoms with Crippen LogP contribution in [0.1, 0.15) is 46.1 Å². The number of hydrogen-bond donors (Lipinski definition) is 1. The van der Waals surface area contributed by atoms with Crippen LogP contribution < -0.4 is 5.56 Å². The largest absolute Gasteiger partial charge is 0.478 e. The highest BCUT2D eigenvalue weighted by molar-refractivity contribution is 5.87. The van der Waals surface area contributed by atoms with Gasteiger partial charge in [0.1, 0.15) is 5.65 Å². The van der Waals surface area contributed by atoms with E-state index >= 15 is 0 Å². The van der Waals surface area contributed by atoms with E-state index < -0.39 is 5.97 Å². The molecule has 0 spiro atoms. The Morgan fingerprint density at radius 3 is 2.54 bits per heavy atom. The van der Waals surface area contributed by atoms with Crippen LogP contribution in [0.4, 0.5) is 0 Å². The summed E-state index contributed by atoms with van der Waals surface area (Å²) in [4.78, 5) is 28.6. The first-order chi connectivity index (χ1) is 12.5. The topological polar surface area (TPSA) is 71.7 Å². The molecule has 2 aromatic heterocycles. The molecule has 0 saturated carbocycles. The van der Waals surface area contributed by atoms with E-state index in [1.54, 1.807) is 6.07 Å². The van der Waals surface area contributed by atoms with Crippen molar-refractivity contribution < 1.29 is 9.90 Å². The van der Waals surface area contributed by atoms with Gasteiger partial charge < -0.3 is 5.11 Å². The van der Waals surface area contributed by atoms with Gasteiger partial charge in [-0.15, -0.1) is 0 Å². The standard InChI is InChI=1S/C21H20N2O3/c1-3-4-17-18(11-9-15-7-5-14(2)6-8-15)22-19-12-10-16(21(25)26)13-23(19)20(17)24/h5-13H,3-4H2,1-2H3,(H,25,26). The van der Waals surface area contributed by atoms with Gasteiger partial charge in [0.25, 0.3) is 5.56 Å². The van der Waals surface area contributed by atoms with Crippen LogP contribution in [0.15, 0.2) is 47.4 Å². The van der Waals surface area contributed by atoms with Crippen molar-refractivity contribution in [2.75, 3.05) is 0 Å². The van der Waals surface area contributed by atoms with Crippen molar-refractivity contribution in [3.8, 4) is 0 Å². The predicted octanol–water partition coefficient (Wildman–Crippen LogP) is 3.82. The number of benzene rings is 1. The molecule has 5 heteroatoms. The first-order valence-electron chi connectivity index (χ1n) is 8.53. The van der Waals surface area contributed by atoms with Crippen LogP contribution in [-0.2, 0) is 6.42 Å². The molecule has 0 bridgehead atoms. The van der Waals surface area contributed by atoms with Crippen molar-refractivity contribution in [2.45, 2.75) is 26.7 Å². The van der Waals surface area contributed by atoms with Crippen LogP contribution in [0.5, 0.6) is 0 Å². The SMILES string of the molecule is CCCc1c(C=Cc2ccc(C)cc2)nc2ccc(C(=O)O)cn2c1=O. The number of carbonyl (C=O) groups is 1. The Labute approximate surface area is 151 Å². The molecular formula is C21H20N2O3. The summed E-state index contributed by atoms with van der Waals surface area (Å²) < 4.78 is 1.32. The zero-order chi connectivity index (χ0) is 18.7. The van der Waals surface area contributed by atoms with Crippen LogP contribution in [0, 0.1) is 6.92 Å². The average Bonchev–Trinajstić information content (AvgIpc) is 2.63. The molecule has 0 unspecified atom stereocenters. The van der Waals surface area contributed by atoms with E-state index in [0.717, 1.165) is 12.0 Å². The Morgan fingerprint density at radius 1 is 1.15 bits per heavy atom. The number of fused-ring (bicyclic) bond motifs is 1. The van der Waals surface area contributed by atoms with Crippen molar-refractivity contribution in [1.82, 2.24) is 9.38 Å². The summed E-state index contributed by atoms with van der Waals surface area (Å²) in [7, 11) is 0. The molecular weight excluding hydrogens is 328 g/mol. The minimum atomic E-state index is -1.07. The Kier molecular flexibility index (Phi) is 4.98. The van der Waals surface area contributed by atoms with Gasteiger partial charge in [-0.05, 0) is 37.1 Å². The predicted molar refractivity (Wildman–Crippen MR) is 103 cm³/mol. The second-order valence-electron chi connectivity index (χ2n) is 6.23. The highest BCUT2D eigenvalue weighted by Gasteiger charge is 2.12. The van der Waals surface area contributed by atoms with Crippen molar-refractivity contribution in [2.24, 2.45) is 0 Å². The highest BCUT2D eigenvalue weighted by atomic mass is 16.4. The van der Waals surface area contributed by atoms with E-state index in [2.05, 4.69) is 4.98 Å². The van der Waals surface area contributed by atoms with Gasteiger partial charge in [0.05, 0.1) is 11.3 Å². The lowest BCUT2D eigenvalue weighted by molar-refractivity contribution is 0.0696. The summed E-state index contributed by atoms with van der Waals surface area (Å²) in [5.41, 5.74) is 3.71. The number of aromatic nitrogens is 2. The second-order valence-corrected chi connectivity index (χ2v) is 6.23. The molecule has 0 atom stereocenters. The Balaban J connectivity index is 2.13. The number of carboxylic acid groups (broad SMARTS) is 1. The maximum atomic E-state index is 12.9. The number of carboxylic acids is 1. The van der Waals surface area contributed by atoms with Crippen LogP contribution >= 0.6 is 0 Å². The van der Waals surface area contributed by atoms with Crippen LogP contribution in [0.2, 0.25) is 0 Å². The highest BCUT2D eigenvalue weighted by Crippen LogP contribution is 2.13. The molecule has 0 fully saturated rings. The fourth-order valence-electron chi connectivity index (χ4n) is 2.79. The van der Waals surface area contributed by atoms with Crippen LogP contribution in [0.3, 0.4) is 0 Å². The number of pyridine rings is 1. The van der Waals surface area contributed by atoms with E-state index in [0.29, 0.717) is 23.3 Å². The van der Waals surface area contributed by atoms with Crippen molar-refractivity contribution in [3.63, 3.8) is 0 Å². The fourth-order valence-corrected chi connectivity index (χ4v) is 2.79. The third-order valence-corrected chi connectivity index (χ3v) is 4.21. The van der Waals surface area contributed by atoms with E-state index in [9.17, 15) is 9.59 Å². The van der Waals surface area contributed by atoms with Gasteiger partial charge in [-0.25, -0.2) is 9.78 Å². The lowest BCUT2D eigenvalue weighted by Gasteiger charge is -2.08. The molecule has 0 amide bonds. The zero-order valence-electron chi connectivity index (χ0n) is 14.8. The van der Waals surface area contributed by atoms with Crippen molar-refractivity contribution in [1.29, 1.82) is 0 Å². The average molecular weight is 348 g/mol. The quantitative estimate of drug-likeness (QED) is 0.761. The monoisotopic (exact) mass is 348 g/mol. The maximum Gasteiger partial charge on any atom is 0.337 e. The van der Waals surface area contributed by atoms with Gasteiger partial charge in [-0.3, -0.25) is 9.20 Å². The molecule has 5 nitrogen and oxygen atoms in total. The molecule has 1 N–H and O–H groups in total.